The number of hydrogen-bond acceptors (Lipinski definition) is 4. The smallest absolute Gasteiger partial charge is 0.265 e. The number of nitrogens with zero attached hydrogens (tertiary/aromatic N) is 1. The van der Waals surface area contributed by atoms with Gasteiger partial charge in [-0.25, -0.2) is 0 Å². The van der Waals surface area contributed by atoms with Crippen LogP contribution in [0.25, 0.3) is 0 Å². The third kappa shape index (κ3) is 5.68. The molecule has 0 fully saturated rings. The minimum Gasteiger partial charge on any atom is -0.492 e. The maximum Gasteiger partial charge on any atom is 0.265 e. The summed E-state index contributed by atoms with van der Waals surface area (Å²) in [4.78, 5) is 26.1. The highest BCUT2D eigenvalue weighted by atomic mass is 35.5. The van der Waals surface area contributed by atoms with Crippen molar-refractivity contribution in [2.45, 2.75) is 19.8 Å². The summed E-state index contributed by atoms with van der Waals surface area (Å²) >= 11 is 11.9. The number of benzene rings is 2. The van der Waals surface area contributed by atoms with Crippen LogP contribution in [-0.4, -0.2) is 31.6 Å². The van der Waals surface area contributed by atoms with Gasteiger partial charge in [-0.15, -0.1) is 0 Å². The number of halogens is 2. The maximum atomic E-state index is 12.3. The Hall–Kier alpha value is -2.70. The first-order valence-corrected chi connectivity index (χ1v) is 10.2. The van der Waals surface area contributed by atoms with Crippen molar-refractivity contribution >= 4 is 46.4 Å². The number of fused-ring (bicyclic) bond motifs is 1. The summed E-state index contributed by atoms with van der Waals surface area (Å²) in [5.41, 5.74) is 2.06. The first-order valence-electron chi connectivity index (χ1n) is 9.43. The predicted molar refractivity (Wildman–Crippen MR) is 119 cm³/mol. The molecule has 0 atom stereocenters. The van der Waals surface area contributed by atoms with Gasteiger partial charge in [0, 0.05) is 23.7 Å². The molecule has 1 aliphatic rings. The number of anilines is 2. The van der Waals surface area contributed by atoms with Crippen LogP contribution in [-0.2, 0) is 9.59 Å². The Labute approximate surface area is 185 Å². The fraction of sp³-hybridized carbons (Fsp3) is 0.273. The molecule has 0 radical (unpaired) electrons. The van der Waals surface area contributed by atoms with Gasteiger partial charge in [0.1, 0.15) is 11.5 Å². The topological polar surface area (TPSA) is 67.9 Å². The van der Waals surface area contributed by atoms with Gasteiger partial charge in [-0.05, 0) is 49.7 Å². The van der Waals surface area contributed by atoms with E-state index in [-0.39, 0.29) is 24.8 Å². The van der Waals surface area contributed by atoms with E-state index in [2.05, 4.69) is 11.9 Å². The van der Waals surface area contributed by atoms with Crippen molar-refractivity contribution in [1.29, 1.82) is 0 Å². The zero-order chi connectivity index (χ0) is 21.7. The Balaban J connectivity index is 1.54. The highest BCUT2D eigenvalue weighted by molar-refractivity contribution is 6.35. The highest BCUT2D eigenvalue weighted by Gasteiger charge is 2.25. The monoisotopic (exact) mass is 448 g/mol. The lowest BCUT2D eigenvalue weighted by atomic mass is 10.2. The number of nitrogens with one attached hydrogen (secondary N) is 1. The average Bonchev–Trinajstić information content (AvgIpc) is 2.68. The molecule has 6 nitrogen and oxygen atoms in total. The van der Waals surface area contributed by atoms with Crippen molar-refractivity contribution in [3.05, 3.63) is 58.6 Å². The van der Waals surface area contributed by atoms with E-state index < -0.39 is 0 Å². The Bertz CT molecular complexity index is 978. The summed E-state index contributed by atoms with van der Waals surface area (Å²) in [6, 6.07) is 10.2. The van der Waals surface area contributed by atoms with Crippen LogP contribution >= 0.6 is 23.2 Å². The predicted octanol–water partition coefficient (Wildman–Crippen LogP) is 5.09. The van der Waals surface area contributed by atoms with Crippen molar-refractivity contribution < 1.29 is 19.1 Å². The molecule has 1 N–H and O–H groups in total. The lowest BCUT2D eigenvalue weighted by Crippen LogP contribution is -2.39. The first kappa shape index (κ1) is 22.0. The third-order valence-corrected chi connectivity index (χ3v) is 4.84. The van der Waals surface area contributed by atoms with Crippen LogP contribution in [0, 0.1) is 0 Å². The Morgan fingerprint density at radius 2 is 2.07 bits per heavy atom. The zero-order valence-corrected chi connectivity index (χ0v) is 18.1. The van der Waals surface area contributed by atoms with E-state index in [1.54, 1.807) is 41.3 Å². The highest BCUT2D eigenvalue weighted by Crippen LogP contribution is 2.35. The van der Waals surface area contributed by atoms with Gasteiger partial charge < -0.3 is 19.7 Å². The lowest BCUT2D eigenvalue weighted by Gasteiger charge is -2.30. The minimum atomic E-state index is -0.157. The molecule has 2 aromatic rings. The molecular formula is C22H22Cl2N2O4. The molecule has 8 heteroatoms. The molecule has 0 unspecified atom stereocenters. The Kier molecular flexibility index (Phi) is 7.24. The Morgan fingerprint density at radius 1 is 1.27 bits per heavy atom. The summed E-state index contributed by atoms with van der Waals surface area (Å²) in [7, 11) is 0. The molecule has 0 aromatic heterocycles. The third-order valence-electron chi connectivity index (χ3n) is 4.31. The van der Waals surface area contributed by atoms with E-state index in [1.807, 2.05) is 6.92 Å². The number of ether oxygens (including phenoxy) is 2. The van der Waals surface area contributed by atoms with Crippen molar-refractivity contribution in [3.63, 3.8) is 0 Å². The summed E-state index contributed by atoms with van der Waals surface area (Å²) in [6.45, 7) is 6.45. The van der Waals surface area contributed by atoms with E-state index in [0.717, 1.165) is 5.57 Å². The van der Waals surface area contributed by atoms with Gasteiger partial charge >= 0.3 is 0 Å². The molecular weight excluding hydrogens is 427 g/mol. The van der Waals surface area contributed by atoms with Gasteiger partial charge in [-0.3, -0.25) is 9.59 Å². The molecule has 0 spiro atoms. The van der Waals surface area contributed by atoms with Crippen LogP contribution in [0.5, 0.6) is 11.5 Å². The standard InChI is InChI=1S/C22H22Cl2N2O4/c1-14(2)12-26-18-11-16(6-8-20(18)30-13-22(26)28)25-21(27)4-3-9-29-19-7-5-15(23)10-17(19)24/h5-8,10-11H,1,3-4,9,12-13H2,2H3,(H,25,27). The van der Waals surface area contributed by atoms with Crippen LogP contribution in [0.2, 0.25) is 10.0 Å². The minimum absolute atomic E-state index is 0.0103. The first-order chi connectivity index (χ1) is 14.3. The van der Waals surface area contributed by atoms with E-state index in [0.29, 0.717) is 52.5 Å². The molecule has 0 aliphatic carbocycles. The van der Waals surface area contributed by atoms with Crippen molar-refractivity contribution in [2.24, 2.45) is 0 Å². The molecule has 30 heavy (non-hydrogen) atoms. The van der Waals surface area contributed by atoms with Crippen LogP contribution < -0.4 is 19.7 Å². The largest absolute Gasteiger partial charge is 0.492 e. The molecule has 158 valence electrons. The summed E-state index contributed by atoms with van der Waals surface area (Å²) in [5.74, 6) is 0.822. The molecule has 2 aromatic carbocycles. The van der Waals surface area contributed by atoms with E-state index in [1.165, 1.54) is 0 Å². The van der Waals surface area contributed by atoms with Gasteiger partial charge in [0.15, 0.2) is 6.61 Å². The number of carbonyl (C=O) groups excluding carboxylic acids is 2. The van der Waals surface area contributed by atoms with Gasteiger partial charge in [-0.1, -0.05) is 35.4 Å². The lowest BCUT2D eigenvalue weighted by molar-refractivity contribution is -0.121. The zero-order valence-electron chi connectivity index (χ0n) is 16.5. The second-order valence-electron chi connectivity index (χ2n) is 6.98. The molecule has 0 saturated heterocycles. The number of amides is 2. The van der Waals surface area contributed by atoms with E-state index >= 15 is 0 Å². The van der Waals surface area contributed by atoms with Gasteiger partial charge in [-0.2, -0.15) is 0 Å². The van der Waals surface area contributed by atoms with E-state index in [4.69, 9.17) is 32.7 Å². The van der Waals surface area contributed by atoms with Crippen LogP contribution in [0.3, 0.4) is 0 Å². The van der Waals surface area contributed by atoms with Crippen molar-refractivity contribution in [2.75, 3.05) is 30.0 Å². The Morgan fingerprint density at radius 3 is 2.80 bits per heavy atom. The van der Waals surface area contributed by atoms with Crippen molar-refractivity contribution in [3.8, 4) is 11.5 Å². The van der Waals surface area contributed by atoms with Crippen LogP contribution in [0.15, 0.2) is 48.6 Å². The average molecular weight is 449 g/mol. The number of carbonyl (C=O) groups is 2. The summed E-state index contributed by atoms with van der Waals surface area (Å²) in [5, 5.41) is 3.81. The molecule has 1 aliphatic heterocycles. The quantitative estimate of drug-likeness (QED) is 0.450. The van der Waals surface area contributed by atoms with Crippen molar-refractivity contribution in [1.82, 2.24) is 0 Å². The summed E-state index contributed by atoms with van der Waals surface area (Å²) in [6.07, 6.45) is 0.784. The maximum absolute atomic E-state index is 12.3. The second-order valence-corrected chi connectivity index (χ2v) is 7.83. The van der Waals surface area contributed by atoms with Crippen LogP contribution in [0.1, 0.15) is 19.8 Å². The molecule has 2 amide bonds. The van der Waals surface area contributed by atoms with Crippen LogP contribution in [0.4, 0.5) is 11.4 Å². The molecule has 0 bridgehead atoms. The van der Waals surface area contributed by atoms with Gasteiger partial charge in [0.05, 0.1) is 17.3 Å². The van der Waals surface area contributed by atoms with Gasteiger partial charge in [0.2, 0.25) is 5.91 Å². The van der Waals surface area contributed by atoms with E-state index in [9.17, 15) is 9.59 Å². The fourth-order valence-corrected chi connectivity index (χ4v) is 3.42. The number of rotatable bonds is 8. The number of hydrogen-bond donors (Lipinski definition) is 1. The normalized spacial score (nSPS) is 12.8. The summed E-state index contributed by atoms with van der Waals surface area (Å²) < 4.78 is 11.1. The second kappa shape index (κ2) is 9.87. The SMILES string of the molecule is C=C(C)CN1C(=O)COc2ccc(NC(=O)CCCOc3ccc(Cl)cc3Cl)cc21. The molecule has 3 rings (SSSR count). The fourth-order valence-electron chi connectivity index (χ4n) is 2.95. The molecule has 1 heterocycles. The van der Waals surface area contributed by atoms with Gasteiger partial charge in [0.25, 0.3) is 5.91 Å². The molecule has 0 saturated carbocycles.